The third kappa shape index (κ3) is 3.65. The Bertz CT molecular complexity index is 643. The molecule has 0 aromatic heterocycles. The summed E-state index contributed by atoms with van der Waals surface area (Å²) in [6.45, 7) is 0.000812. The van der Waals surface area contributed by atoms with Crippen molar-refractivity contribution in [3.05, 3.63) is 64.2 Å². The summed E-state index contributed by atoms with van der Waals surface area (Å²) in [6, 6.07) is 8.03. The van der Waals surface area contributed by atoms with Gasteiger partial charge < -0.3 is 10.5 Å². The highest BCUT2D eigenvalue weighted by Crippen LogP contribution is 2.26. The standard InChI is InChI=1S/C14H10ClF2NOS/c15-12-5-9(14(18)20)1-2-13(12)19-7-8-3-10(16)6-11(17)4-8/h1-6H,7H2,(H2,18,20). The van der Waals surface area contributed by atoms with E-state index in [1.807, 2.05) is 0 Å². The Hall–Kier alpha value is -1.72. The Labute approximate surface area is 125 Å². The molecule has 0 amide bonds. The zero-order valence-corrected chi connectivity index (χ0v) is 11.8. The monoisotopic (exact) mass is 313 g/mol. The van der Waals surface area contributed by atoms with E-state index in [-0.39, 0.29) is 11.6 Å². The molecule has 0 atom stereocenters. The molecule has 2 nitrogen and oxygen atoms in total. The van der Waals surface area contributed by atoms with E-state index in [2.05, 4.69) is 0 Å². The highest BCUT2D eigenvalue weighted by Gasteiger charge is 2.06. The topological polar surface area (TPSA) is 35.2 Å². The predicted octanol–water partition coefficient (Wildman–Crippen LogP) is 3.83. The van der Waals surface area contributed by atoms with Gasteiger partial charge >= 0.3 is 0 Å². The van der Waals surface area contributed by atoms with Gasteiger partial charge in [0.2, 0.25) is 0 Å². The van der Waals surface area contributed by atoms with Crippen LogP contribution in [-0.4, -0.2) is 4.99 Å². The molecule has 20 heavy (non-hydrogen) atoms. The molecule has 2 N–H and O–H groups in total. The molecule has 2 rings (SSSR count). The van der Waals surface area contributed by atoms with Crippen LogP contribution in [0.2, 0.25) is 5.02 Å². The van der Waals surface area contributed by atoms with E-state index in [1.54, 1.807) is 18.2 Å². The maximum absolute atomic E-state index is 13.0. The molecule has 0 saturated carbocycles. The van der Waals surface area contributed by atoms with Crippen molar-refractivity contribution in [1.82, 2.24) is 0 Å². The van der Waals surface area contributed by atoms with Crippen molar-refractivity contribution < 1.29 is 13.5 Å². The van der Waals surface area contributed by atoms with E-state index in [1.165, 1.54) is 12.1 Å². The van der Waals surface area contributed by atoms with E-state index in [4.69, 9.17) is 34.3 Å². The molecule has 0 aliphatic rings. The SMILES string of the molecule is NC(=S)c1ccc(OCc2cc(F)cc(F)c2)c(Cl)c1. The van der Waals surface area contributed by atoms with Crippen LogP contribution in [0.25, 0.3) is 0 Å². The van der Waals surface area contributed by atoms with Crippen LogP contribution in [0, 0.1) is 11.6 Å². The average molecular weight is 314 g/mol. The highest BCUT2D eigenvalue weighted by atomic mass is 35.5. The quantitative estimate of drug-likeness (QED) is 0.871. The van der Waals surface area contributed by atoms with Crippen LogP contribution in [0.5, 0.6) is 5.75 Å². The molecule has 0 radical (unpaired) electrons. The number of hydrogen-bond donors (Lipinski definition) is 1. The molecular weight excluding hydrogens is 304 g/mol. The summed E-state index contributed by atoms with van der Waals surface area (Å²) in [7, 11) is 0. The Kier molecular flexibility index (Phi) is 4.52. The highest BCUT2D eigenvalue weighted by molar-refractivity contribution is 7.80. The molecule has 6 heteroatoms. The van der Waals surface area contributed by atoms with Crippen molar-refractivity contribution in [3.63, 3.8) is 0 Å². The predicted molar refractivity (Wildman–Crippen MR) is 78.0 cm³/mol. The normalized spacial score (nSPS) is 10.3. The summed E-state index contributed by atoms with van der Waals surface area (Å²) in [5.74, 6) is -0.923. The second-order valence-electron chi connectivity index (χ2n) is 4.08. The summed E-state index contributed by atoms with van der Waals surface area (Å²) in [4.78, 5) is 0.227. The van der Waals surface area contributed by atoms with Gasteiger partial charge in [-0.1, -0.05) is 23.8 Å². The Morgan fingerprint density at radius 2 is 1.80 bits per heavy atom. The van der Waals surface area contributed by atoms with Crippen LogP contribution in [0.4, 0.5) is 8.78 Å². The van der Waals surface area contributed by atoms with Gasteiger partial charge in [0.15, 0.2) is 0 Å². The van der Waals surface area contributed by atoms with Crippen molar-refractivity contribution in [2.45, 2.75) is 6.61 Å². The van der Waals surface area contributed by atoms with Gasteiger partial charge in [-0.15, -0.1) is 0 Å². The molecular formula is C14H10ClF2NOS. The molecule has 104 valence electrons. The smallest absolute Gasteiger partial charge is 0.138 e. The van der Waals surface area contributed by atoms with Crippen LogP contribution in [0.1, 0.15) is 11.1 Å². The largest absolute Gasteiger partial charge is 0.487 e. The van der Waals surface area contributed by atoms with Crippen molar-refractivity contribution in [3.8, 4) is 5.75 Å². The fraction of sp³-hybridized carbons (Fsp3) is 0.0714. The fourth-order valence-electron chi connectivity index (χ4n) is 1.63. The summed E-state index contributed by atoms with van der Waals surface area (Å²) >= 11 is 10.8. The molecule has 2 aromatic rings. The minimum Gasteiger partial charge on any atom is -0.487 e. The number of benzene rings is 2. The summed E-state index contributed by atoms with van der Waals surface area (Å²) in [6.07, 6.45) is 0. The molecule has 0 aliphatic heterocycles. The van der Waals surface area contributed by atoms with Crippen molar-refractivity contribution >= 4 is 28.8 Å². The first-order valence-corrected chi connectivity index (χ1v) is 6.41. The molecule has 0 heterocycles. The fourth-order valence-corrected chi connectivity index (χ4v) is 1.99. The Morgan fingerprint density at radius 1 is 1.15 bits per heavy atom. The van der Waals surface area contributed by atoms with Crippen LogP contribution < -0.4 is 10.5 Å². The summed E-state index contributed by atoms with van der Waals surface area (Å²) in [5, 5.41) is 0.326. The van der Waals surface area contributed by atoms with E-state index < -0.39 is 11.6 Å². The zero-order chi connectivity index (χ0) is 14.7. The van der Waals surface area contributed by atoms with Gasteiger partial charge in [0.25, 0.3) is 0 Å². The molecule has 0 spiro atoms. The lowest BCUT2D eigenvalue weighted by molar-refractivity contribution is 0.305. The number of thiocarbonyl (C=S) groups is 1. The third-order valence-corrected chi connectivity index (χ3v) is 3.06. The van der Waals surface area contributed by atoms with Crippen molar-refractivity contribution in [1.29, 1.82) is 0 Å². The summed E-state index contributed by atoms with van der Waals surface area (Å²) in [5.41, 5.74) is 6.47. The summed E-state index contributed by atoms with van der Waals surface area (Å²) < 4.78 is 31.5. The second-order valence-corrected chi connectivity index (χ2v) is 4.92. The van der Waals surface area contributed by atoms with Crippen molar-refractivity contribution in [2.75, 3.05) is 0 Å². The van der Waals surface area contributed by atoms with E-state index in [0.717, 1.165) is 6.07 Å². The van der Waals surface area contributed by atoms with Gasteiger partial charge in [-0.05, 0) is 35.9 Å². The van der Waals surface area contributed by atoms with Crippen LogP contribution in [-0.2, 0) is 6.61 Å². The van der Waals surface area contributed by atoms with Gasteiger partial charge in [0.05, 0.1) is 5.02 Å². The van der Waals surface area contributed by atoms with E-state index in [9.17, 15) is 8.78 Å². The third-order valence-electron chi connectivity index (χ3n) is 2.53. The van der Waals surface area contributed by atoms with Crippen LogP contribution in [0.15, 0.2) is 36.4 Å². The maximum Gasteiger partial charge on any atom is 0.138 e. The first kappa shape index (κ1) is 14.7. The lowest BCUT2D eigenvalue weighted by Crippen LogP contribution is -2.09. The van der Waals surface area contributed by atoms with Crippen LogP contribution in [0.3, 0.4) is 0 Å². The number of ether oxygens (including phenoxy) is 1. The number of nitrogens with two attached hydrogens (primary N) is 1. The maximum atomic E-state index is 13.0. The average Bonchev–Trinajstić information content (AvgIpc) is 2.36. The van der Waals surface area contributed by atoms with Gasteiger partial charge in [-0.2, -0.15) is 0 Å². The van der Waals surface area contributed by atoms with Gasteiger partial charge in [0.1, 0.15) is 29.0 Å². The molecule has 0 saturated heterocycles. The van der Waals surface area contributed by atoms with Gasteiger partial charge in [-0.3, -0.25) is 0 Å². The molecule has 0 bridgehead atoms. The van der Waals surface area contributed by atoms with E-state index in [0.29, 0.717) is 21.9 Å². The van der Waals surface area contributed by atoms with E-state index >= 15 is 0 Å². The van der Waals surface area contributed by atoms with Gasteiger partial charge in [0, 0.05) is 11.6 Å². The number of hydrogen-bond acceptors (Lipinski definition) is 2. The Morgan fingerprint density at radius 3 is 2.35 bits per heavy atom. The first-order valence-electron chi connectivity index (χ1n) is 5.63. The molecule has 0 unspecified atom stereocenters. The number of halogens is 3. The van der Waals surface area contributed by atoms with Crippen LogP contribution >= 0.6 is 23.8 Å². The molecule has 0 fully saturated rings. The van der Waals surface area contributed by atoms with Crippen molar-refractivity contribution in [2.24, 2.45) is 5.73 Å². The van der Waals surface area contributed by atoms with Gasteiger partial charge in [-0.25, -0.2) is 8.78 Å². The first-order chi connectivity index (χ1) is 9.45. The lowest BCUT2D eigenvalue weighted by atomic mass is 10.2. The number of rotatable bonds is 4. The second kappa shape index (κ2) is 6.15. The molecule has 2 aromatic carbocycles. The zero-order valence-electron chi connectivity index (χ0n) is 10.2. The minimum absolute atomic E-state index is 0.000812. The minimum atomic E-state index is -0.654. The Balaban J connectivity index is 2.12. The lowest BCUT2D eigenvalue weighted by Gasteiger charge is -2.09. The molecule has 0 aliphatic carbocycles.